The number of aromatic amines is 1. The molecule has 1 aromatic carbocycles. The van der Waals surface area contributed by atoms with E-state index in [-0.39, 0.29) is 5.91 Å². The minimum Gasteiger partial charge on any atom is -0.368 e. The molecule has 0 saturated heterocycles. The highest BCUT2D eigenvalue weighted by molar-refractivity contribution is 5.89. The third-order valence-corrected chi connectivity index (χ3v) is 5.70. The Hall–Kier alpha value is -1.81. The van der Waals surface area contributed by atoms with Gasteiger partial charge in [-0.1, -0.05) is 12.1 Å². The van der Waals surface area contributed by atoms with Crippen LogP contribution in [0.25, 0.3) is 10.9 Å². The van der Waals surface area contributed by atoms with E-state index in [9.17, 15) is 4.79 Å². The lowest BCUT2D eigenvalue weighted by Crippen LogP contribution is -2.38. The lowest BCUT2D eigenvalue weighted by atomic mass is 9.87. The summed E-state index contributed by atoms with van der Waals surface area (Å²) in [5.41, 5.74) is 6.15. The topological polar surface area (TPSA) is 45.3 Å². The molecule has 0 bridgehead atoms. The highest BCUT2D eigenvalue weighted by Crippen LogP contribution is 2.41. The smallest absolute Gasteiger partial charge is 0.225 e. The summed E-state index contributed by atoms with van der Waals surface area (Å²) in [5.74, 6) is 0.103. The van der Waals surface area contributed by atoms with Crippen molar-refractivity contribution in [2.24, 2.45) is 0 Å². The van der Waals surface area contributed by atoms with Crippen molar-refractivity contribution in [3.05, 3.63) is 34.5 Å². The zero-order valence-electron chi connectivity index (χ0n) is 14.9. The lowest BCUT2D eigenvalue weighted by molar-refractivity contribution is -0.138. The molecule has 24 heavy (non-hydrogen) atoms. The fourth-order valence-electron chi connectivity index (χ4n) is 4.31. The fraction of sp³-hybridized carbons (Fsp3) is 0.550. The van der Waals surface area contributed by atoms with Gasteiger partial charge in [-0.05, 0) is 55.7 Å². The van der Waals surface area contributed by atoms with Crippen LogP contribution in [0.5, 0.6) is 0 Å². The molecule has 2 aliphatic rings. The second-order valence-corrected chi connectivity index (χ2v) is 7.61. The fourth-order valence-corrected chi connectivity index (χ4v) is 4.31. The van der Waals surface area contributed by atoms with E-state index < -0.39 is 5.60 Å². The third kappa shape index (κ3) is 2.35. The number of H-pyrrole nitrogens is 1. The molecule has 1 aliphatic heterocycles. The summed E-state index contributed by atoms with van der Waals surface area (Å²) < 4.78 is 6.11. The van der Waals surface area contributed by atoms with Crippen molar-refractivity contribution in [2.75, 3.05) is 20.7 Å². The Morgan fingerprint density at radius 2 is 2.00 bits per heavy atom. The van der Waals surface area contributed by atoms with Gasteiger partial charge in [-0.2, -0.15) is 0 Å². The van der Waals surface area contributed by atoms with Gasteiger partial charge in [0.05, 0.1) is 18.7 Å². The first-order valence-corrected chi connectivity index (χ1v) is 8.99. The van der Waals surface area contributed by atoms with E-state index in [1.165, 1.54) is 46.9 Å². The van der Waals surface area contributed by atoms with Crippen LogP contribution in [0.4, 0.5) is 0 Å². The standard InChI is InChI=1S/C20H26N2O2/c1-20(12-17(23)22(2)3)19-16(10-11-24-20)15-9-8-13-6-4-5-7-14(13)18(15)21-19/h8-9,21H,4-7,10-12H2,1-3H3. The Morgan fingerprint density at radius 1 is 1.21 bits per heavy atom. The molecule has 0 fully saturated rings. The maximum absolute atomic E-state index is 12.3. The van der Waals surface area contributed by atoms with Crippen LogP contribution in [0.3, 0.4) is 0 Å². The number of hydrogen-bond donors (Lipinski definition) is 1. The van der Waals surface area contributed by atoms with Gasteiger partial charge in [0.1, 0.15) is 5.60 Å². The van der Waals surface area contributed by atoms with E-state index in [0.717, 1.165) is 18.5 Å². The molecule has 0 spiro atoms. The van der Waals surface area contributed by atoms with Gasteiger partial charge in [-0.3, -0.25) is 4.79 Å². The largest absolute Gasteiger partial charge is 0.368 e. The van der Waals surface area contributed by atoms with Crippen molar-refractivity contribution < 1.29 is 9.53 Å². The normalized spacial score (nSPS) is 23.0. The molecule has 1 N–H and O–H groups in total. The van der Waals surface area contributed by atoms with E-state index in [2.05, 4.69) is 17.1 Å². The lowest BCUT2D eigenvalue weighted by Gasteiger charge is -2.34. The molecule has 1 amide bonds. The number of aromatic nitrogens is 1. The Bertz CT molecular complexity index is 806. The predicted octanol–water partition coefficient (Wildman–Crippen LogP) is 3.31. The van der Waals surface area contributed by atoms with Crippen molar-refractivity contribution in [1.82, 2.24) is 9.88 Å². The minimum absolute atomic E-state index is 0.103. The van der Waals surface area contributed by atoms with Crippen molar-refractivity contribution in [3.63, 3.8) is 0 Å². The molecule has 128 valence electrons. The first kappa shape index (κ1) is 15.7. The molecule has 2 heterocycles. The van der Waals surface area contributed by atoms with E-state index >= 15 is 0 Å². The molecule has 1 aromatic heterocycles. The maximum atomic E-state index is 12.3. The number of amides is 1. The van der Waals surface area contributed by atoms with E-state index in [1.807, 2.05) is 6.92 Å². The third-order valence-electron chi connectivity index (χ3n) is 5.70. The molecule has 4 rings (SSSR count). The summed E-state index contributed by atoms with van der Waals surface area (Å²) in [5, 5.41) is 1.33. The van der Waals surface area contributed by atoms with Crippen LogP contribution in [0, 0.1) is 0 Å². The van der Waals surface area contributed by atoms with Gasteiger partial charge in [-0.15, -0.1) is 0 Å². The number of ether oxygens (including phenoxy) is 1. The minimum atomic E-state index is -0.560. The van der Waals surface area contributed by atoms with Gasteiger partial charge >= 0.3 is 0 Å². The highest BCUT2D eigenvalue weighted by Gasteiger charge is 2.38. The van der Waals surface area contributed by atoms with Gasteiger partial charge in [-0.25, -0.2) is 0 Å². The zero-order chi connectivity index (χ0) is 16.9. The predicted molar refractivity (Wildman–Crippen MR) is 95.3 cm³/mol. The van der Waals surface area contributed by atoms with Crippen LogP contribution in [0.1, 0.15) is 48.6 Å². The number of rotatable bonds is 2. The second kappa shape index (κ2) is 5.62. The molecule has 4 nitrogen and oxygen atoms in total. The van der Waals surface area contributed by atoms with E-state index in [4.69, 9.17) is 4.74 Å². The summed E-state index contributed by atoms with van der Waals surface area (Å²) >= 11 is 0. The first-order chi connectivity index (χ1) is 11.5. The van der Waals surface area contributed by atoms with Crippen molar-refractivity contribution in [3.8, 4) is 0 Å². The van der Waals surface area contributed by atoms with Crippen LogP contribution in [0.2, 0.25) is 0 Å². The molecular formula is C20H26N2O2. The molecule has 0 saturated carbocycles. The molecule has 0 radical (unpaired) electrons. The summed E-state index contributed by atoms with van der Waals surface area (Å²) in [6.45, 7) is 2.72. The SMILES string of the molecule is CN(C)C(=O)CC1(C)OCCc2c1[nH]c1c3c(ccc21)CCCC3. The Kier molecular flexibility index (Phi) is 3.68. The number of aryl methyl sites for hydroxylation is 2. The summed E-state index contributed by atoms with van der Waals surface area (Å²) in [4.78, 5) is 17.6. The van der Waals surface area contributed by atoms with E-state index in [1.54, 1.807) is 19.0 Å². The second-order valence-electron chi connectivity index (χ2n) is 7.61. The molecule has 4 heteroatoms. The highest BCUT2D eigenvalue weighted by atomic mass is 16.5. The maximum Gasteiger partial charge on any atom is 0.225 e. The van der Waals surface area contributed by atoms with Crippen LogP contribution < -0.4 is 0 Å². The number of hydrogen-bond acceptors (Lipinski definition) is 2. The molecule has 1 atom stereocenters. The average Bonchev–Trinajstić information content (AvgIpc) is 2.95. The molecular weight excluding hydrogens is 300 g/mol. The number of carbonyl (C=O) groups is 1. The van der Waals surface area contributed by atoms with Crippen LogP contribution in [0.15, 0.2) is 12.1 Å². The van der Waals surface area contributed by atoms with Gasteiger partial charge in [0.2, 0.25) is 5.91 Å². The molecule has 1 unspecified atom stereocenters. The van der Waals surface area contributed by atoms with Gasteiger partial charge in [0, 0.05) is 25.0 Å². The summed E-state index contributed by atoms with van der Waals surface area (Å²) in [6.07, 6.45) is 6.18. The van der Waals surface area contributed by atoms with E-state index in [0.29, 0.717) is 13.0 Å². The van der Waals surface area contributed by atoms with Gasteiger partial charge in [0.15, 0.2) is 0 Å². The monoisotopic (exact) mass is 326 g/mol. The number of carbonyl (C=O) groups excluding carboxylic acids is 1. The number of benzene rings is 1. The summed E-state index contributed by atoms with van der Waals surface area (Å²) in [7, 11) is 3.61. The first-order valence-electron chi connectivity index (χ1n) is 8.99. The van der Waals surface area contributed by atoms with Crippen molar-refractivity contribution in [2.45, 2.75) is 51.0 Å². The Labute approximate surface area is 143 Å². The van der Waals surface area contributed by atoms with Gasteiger partial charge < -0.3 is 14.6 Å². The molecule has 1 aliphatic carbocycles. The van der Waals surface area contributed by atoms with Crippen LogP contribution >= 0.6 is 0 Å². The van der Waals surface area contributed by atoms with Crippen LogP contribution in [-0.2, 0) is 34.4 Å². The number of nitrogens with one attached hydrogen (secondary N) is 1. The molecule has 2 aromatic rings. The summed E-state index contributed by atoms with van der Waals surface area (Å²) in [6, 6.07) is 4.58. The number of fused-ring (bicyclic) bond motifs is 5. The Balaban J connectivity index is 1.84. The van der Waals surface area contributed by atoms with Crippen molar-refractivity contribution >= 4 is 16.8 Å². The Morgan fingerprint density at radius 3 is 2.79 bits per heavy atom. The zero-order valence-corrected chi connectivity index (χ0v) is 14.9. The van der Waals surface area contributed by atoms with Gasteiger partial charge in [0.25, 0.3) is 0 Å². The van der Waals surface area contributed by atoms with Crippen molar-refractivity contribution in [1.29, 1.82) is 0 Å². The average molecular weight is 326 g/mol. The number of nitrogens with zero attached hydrogens (tertiary/aromatic N) is 1. The quantitative estimate of drug-likeness (QED) is 0.920. The van der Waals surface area contributed by atoms with Crippen LogP contribution in [-0.4, -0.2) is 36.5 Å².